The number of aromatic nitrogens is 1. The molecule has 1 aliphatic heterocycles. The summed E-state index contributed by atoms with van der Waals surface area (Å²) < 4.78 is 10.8. The van der Waals surface area contributed by atoms with Crippen LogP contribution in [0.5, 0.6) is 11.5 Å². The van der Waals surface area contributed by atoms with Crippen LogP contribution in [0.2, 0.25) is 0 Å². The highest BCUT2D eigenvalue weighted by molar-refractivity contribution is 7.14. The smallest absolute Gasteiger partial charge is 0.270 e. The maximum Gasteiger partial charge on any atom is 0.270 e. The summed E-state index contributed by atoms with van der Waals surface area (Å²) in [6.07, 6.45) is 4.82. The number of hydrogen-bond acceptors (Lipinski definition) is 7. The molecule has 1 aliphatic rings. The molecule has 1 amide bonds. The topological polar surface area (TPSA) is 54.9 Å². The molecular weight excluding hydrogens is 442 g/mol. The van der Waals surface area contributed by atoms with Gasteiger partial charge in [-0.25, -0.2) is 4.98 Å². The monoisotopic (exact) mass is 471 g/mol. The Morgan fingerprint density at radius 1 is 1.09 bits per heavy atom. The largest absolute Gasteiger partial charge is 0.493 e. The molecule has 0 bridgehead atoms. The number of nitrogens with zero attached hydrogens (tertiary/aromatic N) is 3. The van der Waals surface area contributed by atoms with Gasteiger partial charge in [-0.15, -0.1) is 22.7 Å². The first-order valence-electron chi connectivity index (χ1n) is 10.9. The molecule has 3 aromatic rings. The number of ether oxygens (including phenoxy) is 2. The Hall–Kier alpha value is -2.42. The van der Waals surface area contributed by atoms with Crippen molar-refractivity contribution in [2.24, 2.45) is 0 Å². The maximum absolute atomic E-state index is 13.3. The summed E-state index contributed by atoms with van der Waals surface area (Å²) in [6.45, 7) is 4.01. The first-order chi connectivity index (χ1) is 15.7. The molecule has 0 N–H and O–H groups in total. The number of benzene rings is 1. The molecule has 1 aromatic carbocycles. The summed E-state index contributed by atoms with van der Waals surface area (Å²) in [4.78, 5) is 23.2. The van der Waals surface area contributed by atoms with E-state index in [1.54, 1.807) is 14.2 Å². The second-order valence-electron chi connectivity index (χ2n) is 7.78. The lowest BCUT2D eigenvalue weighted by molar-refractivity contribution is 0.0989. The summed E-state index contributed by atoms with van der Waals surface area (Å²) in [5, 5.41) is 4.67. The van der Waals surface area contributed by atoms with Crippen molar-refractivity contribution < 1.29 is 14.3 Å². The van der Waals surface area contributed by atoms with Gasteiger partial charge in [0.2, 0.25) is 0 Å². The summed E-state index contributed by atoms with van der Waals surface area (Å²) in [5.74, 6) is 1.36. The van der Waals surface area contributed by atoms with E-state index in [9.17, 15) is 4.79 Å². The van der Waals surface area contributed by atoms with Gasteiger partial charge in [-0.1, -0.05) is 12.5 Å². The minimum absolute atomic E-state index is 0.0202. The van der Waals surface area contributed by atoms with Gasteiger partial charge >= 0.3 is 0 Å². The quantitative estimate of drug-likeness (QED) is 0.418. The van der Waals surface area contributed by atoms with Gasteiger partial charge in [0.05, 0.1) is 24.8 Å². The molecule has 8 heteroatoms. The Labute approximate surface area is 197 Å². The van der Waals surface area contributed by atoms with E-state index in [4.69, 9.17) is 14.5 Å². The van der Waals surface area contributed by atoms with Crippen LogP contribution in [0.25, 0.3) is 11.3 Å². The Bertz CT molecular complexity index is 1010. The standard InChI is InChI=1S/C24H29N3O3S2/c1-29-20-10-9-18(16-21(20)30-2)19-17-32-24(25-19)27(23(28)22-8-6-15-31-22)14-7-13-26-11-4-3-5-12-26/h6,8-10,15-17H,3-5,7,11-14H2,1-2H3. The van der Waals surface area contributed by atoms with E-state index in [1.807, 2.05) is 46.0 Å². The number of hydrogen-bond donors (Lipinski definition) is 0. The van der Waals surface area contributed by atoms with Crippen molar-refractivity contribution in [2.45, 2.75) is 25.7 Å². The molecule has 1 saturated heterocycles. The second kappa shape index (κ2) is 10.9. The number of thiophene rings is 1. The molecule has 0 radical (unpaired) electrons. The lowest BCUT2D eigenvalue weighted by Crippen LogP contribution is -2.35. The molecule has 3 heterocycles. The predicted molar refractivity (Wildman–Crippen MR) is 132 cm³/mol. The lowest BCUT2D eigenvalue weighted by Gasteiger charge is -2.27. The fourth-order valence-corrected chi connectivity index (χ4v) is 5.50. The Kier molecular flexibility index (Phi) is 7.78. The van der Waals surface area contributed by atoms with Crippen LogP contribution in [0.1, 0.15) is 35.4 Å². The van der Waals surface area contributed by atoms with Crippen LogP contribution in [-0.2, 0) is 0 Å². The van der Waals surface area contributed by atoms with Crippen molar-refractivity contribution in [3.63, 3.8) is 0 Å². The van der Waals surface area contributed by atoms with Crippen LogP contribution in [0.15, 0.2) is 41.1 Å². The van der Waals surface area contributed by atoms with E-state index in [1.165, 1.54) is 55.0 Å². The summed E-state index contributed by atoms with van der Waals surface area (Å²) in [5.41, 5.74) is 1.76. The molecule has 32 heavy (non-hydrogen) atoms. The molecule has 0 aliphatic carbocycles. The van der Waals surface area contributed by atoms with Crippen molar-refractivity contribution >= 4 is 33.7 Å². The van der Waals surface area contributed by atoms with Crippen LogP contribution in [0.3, 0.4) is 0 Å². The van der Waals surface area contributed by atoms with Gasteiger partial charge in [0.25, 0.3) is 5.91 Å². The van der Waals surface area contributed by atoms with E-state index in [2.05, 4.69) is 4.90 Å². The fraction of sp³-hybridized carbons (Fsp3) is 0.417. The number of carbonyl (C=O) groups is 1. The Balaban J connectivity index is 1.53. The molecule has 2 aromatic heterocycles. The van der Waals surface area contributed by atoms with Crippen molar-refractivity contribution in [3.8, 4) is 22.8 Å². The van der Waals surface area contributed by atoms with Gasteiger partial charge in [-0.05, 0) is 68.5 Å². The normalized spacial score (nSPS) is 14.3. The van der Waals surface area contributed by atoms with Crippen molar-refractivity contribution in [1.29, 1.82) is 0 Å². The Morgan fingerprint density at radius 3 is 2.62 bits per heavy atom. The van der Waals surface area contributed by atoms with Gasteiger partial charge in [0.1, 0.15) is 0 Å². The Morgan fingerprint density at radius 2 is 1.91 bits per heavy atom. The number of thiazole rings is 1. The van der Waals surface area contributed by atoms with Crippen molar-refractivity contribution in [2.75, 3.05) is 45.3 Å². The number of methoxy groups -OCH3 is 2. The third-order valence-electron chi connectivity index (χ3n) is 5.68. The number of piperidine rings is 1. The second-order valence-corrected chi connectivity index (χ2v) is 9.56. The van der Waals surface area contributed by atoms with E-state index in [-0.39, 0.29) is 5.91 Å². The maximum atomic E-state index is 13.3. The average Bonchev–Trinajstić information content (AvgIpc) is 3.54. The highest BCUT2D eigenvalue weighted by Gasteiger charge is 2.22. The third kappa shape index (κ3) is 5.31. The van der Waals surface area contributed by atoms with Gasteiger partial charge in [-0.2, -0.15) is 0 Å². The SMILES string of the molecule is COc1ccc(-c2csc(N(CCCN3CCCCC3)C(=O)c3cccs3)n2)cc1OC. The highest BCUT2D eigenvalue weighted by Crippen LogP contribution is 2.34. The van der Waals surface area contributed by atoms with Crippen LogP contribution >= 0.6 is 22.7 Å². The zero-order valence-corrected chi connectivity index (χ0v) is 20.2. The summed E-state index contributed by atoms with van der Waals surface area (Å²) in [7, 11) is 3.24. The third-order valence-corrected chi connectivity index (χ3v) is 7.41. The van der Waals surface area contributed by atoms with Gasteiger partial charge in [0.15, 0.2) is 16.6 Å². The average molecular weight is 472 g/mol. The van der Waals surface area contributed by atoms with Crippen molar-refractivity contribution in [3.05, 3.63) is 46.0 Å². The van der Waals surface area contributed by atoms with Crippen molar-refractivity contribution in [1.82, 2.24) is 9.88 Å². The molecule has 0 unspecified atom stereocenters. The van der Waals surface area contributed by atoms with E-state index in [0.29, 0.717) is 18.0 Å². The van der Waals surface area contributed by atoms with Gasteiger partial charge in [0, 0.05) is 17.5 Å². The zero-order chi connectivity index (χ0) is 22.3. The fourth-order valence-electron chi connectivity index (χ4n) is 3.97. The van der Waals surface area contributed by atoms with Crippen LogP contribution in [0.4, 0.5) is 5.13 Å². The molecule has 0 atom stereocenters. The van der Waals surface area contributed by atoms with Gasteiger partial charge in [-0.3, -0.25) is 9.69 Å². The number of likely N-dealkylation sites (tertiary alicyclic amines) is 1. The molecule has 6 nitrogen and oxygen atoms in total. The number of rotatable bonds is 9. The minimum Gasteiger partial charge on any atom is -0.493 e. The van der Waals surface area contributed by atoms with Crippen LogP contribution in [0, 0.1) is 0 Å². The van der Waals surface area contributed by atoms with E-state index >= 15 is 0 Å². The van der Waals surface area contributed by atoms with E-state index in [0.717, 1.165) is 34.2 Å². The number of anilines is 1. The summed E-state index contributed by atoms with van der Waals surface area (Å²) >= 11 is 2.97. The first kappa shape index (κ1) is 22.8. The molecule has 4 rings (SSSR count). The van der Waals surface area contributed by atoms with Crippen LogP contribution < -0.4 is 14.4 Å². The first-order valence-corrected chi connectivity index (χ1v) is 12.7. The van der Waals surface area contributed by atoms with Gasteiger partial charge < -0.3 is 14.4 Å². The molecule has 1 fully saturated rings. The summed E-state index contributed by atoms with van der Waals surface area (Å²) in [6, 6.07) is 9.55. The molecule has 0 saturated carbocycles. The molecular formula is C24H29N3O3S2. The predicted octanol–water partition coefficient (Wildman–Crippen LogP) is 5.41. The highest BCUT2D eigenvalue weighted by atomic mass is 32.1. The minimum atomic E-state index is 0.0202. The molecule has 170 valence electrons. The van der Waals surface area contributed by atoms with E-state index < -0.39 is 0 Å². The number of amides is 1. The molecule has 0 spiro atoms. The zero-order valence-electron chi connectivity index (χ0n) is 18.6. The van der Waals surface area contributed by atoms with Crippen LogP contribution in [-0.4, -0.2) is 56.2 Å². The number of carbonyl (C=O) groups excluding carboxylic acids is 1. The lowest BCUT2D eigenvalue weighted by atomic mass is 10.1.